The average molecular weight is 152 g/mol. The van der Waals surface area contributed by atoms with Crippen molar-refractivity contribution >= 4 is 0 Å². The fourth-order valence-electron chi connectivity index (χ4n) is 1.60. The van der Waals surface area contributed by atoms with Crippen molar-refractivity contribution in [1.29, 1.82) is 0 Å². The quantitative estimate of drug-likeness (QED) is 0.597. The van der Waals surface area contributed by atoms with Gasteiger partial charge in [0.1, 0.15) is 5.76 Å². The van der Waals surface area contributed by atoms with Crippen molar-refractivity contribution in [3.05, 3.63) is 24.0 Å². The Kier molecular flexibility index (Phi) is 1.33. The van der Waals surface area contributed by atoms with Crippen molar-refractivity contribution in [3.63, 3.8) is 0 Å². The largest absolute Gasteiger partial charge is 0.497 e. The first kappa shape index (κ1) is 6.92. The molecule has 2 heteroatoms. The molecule has 0 spiro atoms. The van der Waals surface area contributed by atoms with Gasteiger partial charge >= 0.3 is 0 Å². The Hall–Kier alpha value is -0.760. The van der Waals surface area contributed by atoms with E-state index in [9.17, 15) is 0 Å². The van der Waals surface area contributed by atoms with Gasteiger partial charge in [-0.3, -0.25) is 0 Å². The summed E-state index contributed by atoms with van der Waals surface area (Å²) in [6.45, 7) is 0. The van der Waals surface area contributed by atoms with Gasteiger partial charge in [-0.25, -0.2) is 0 Å². The number of ether oxygens (including phenoxy) is 2. The molecule has 2 unspecified atom stereocenters. The first-order valence-electron chi connectivity index (χ1n) is 3.81. The molecule has 2 nitrogen and oxygen atoms in total. The highest BCUT2D eigenvalue weighted by molar-refractivity contribution is 5.35. The maximum atomic E-state index is 5.38. The third-order valence-corrected chi connectivity index (χ3v) is 2.50. The monoisotopic (exact) mass is 152 g/mol. The second-order valence-corrected chi connectivity index (χ2v) is 3.08. The first-order chi connectivity index (χ1) is 5.30. The lowest BCUT2D eigenvalue weighted by Crippen LogP contribution is -2.14. The molecule has 1 fully saturated rings. The number of hydrogen-bond donors (Lipinski definition) is 0. The van der Waals surface area contributed by atoms with E-state index in [1.807, 2.05) is 6.08 Å². The zero-order chi connectivity index (χ0) is 7.90. The molecule has 0 amide bonds. The molecule has 0 aromatic heterocycles. The standard InChI is InChI=1S/C9H12O2/c1-10-8-4-3-7-5-9(7,6-8)11-2/h3-4,6-7H,5H2,1-2H3. The van der Waals surface area contributed by atoms with Gasteiger partial charge in [-0.15, -0.1) is 0 Å². The molecule has 11 heavy (non-hydrogen) atoms. The van der Waals surface area contributed by atoms with Gasteiger partial charge in [0, 0.05) is 13.0 Å². The van der Waals surface area contributed by atoms with Crippen LogP contribution in [0.4, 0.5) is 0 Å². The number of rotatable bonds is 2. The highest BCUT2D eigenvalue weighted by atomic mass is 16.5. The fraction of sp³-hybridized carbons (Fsp3) is 0.556. The summed E-state index contributed by atoms with van der Waals surface area (Å²) < 4.78 is 10.5. The topological polar surface area (TPSA) is 18.5 Å². The van der Waals surface area contributed by atoms with Gasteiger partial charge < -0.3 is 9.47 Å². The molecule has 0 saturated heterocycles. The Morgan fingerprint density at radius 2 is 2.36 bits per heavy atom. The molecular weight excluding hydrogens is 140 g/mol. The van der Waals surface area contributed by atoms with E-state index in [4.69, 9.17) is 9.47 Å². The van der Waals surface area contributed by atoms with Gasteiger partial charge in [-0.05, 0) is 18.6 Å². The minimum atomic E-state index is -0.0138. The van der Waals surface area contributed by atoms with Gasteiger partial charge in [0.15, 0.2) is 0 Å². The van der Waals surface area contributed by atoms with Gasteiger partial charge in [0.05, 0.1) is 12.7 Å². The molecule has 2 aliphatic rings. The third-order valence-electron chi connectivity index (χ3n) is 2.50. The fourth-order valence-corrected chi connectivity index (χ4v) is 1.60. The van der Waals surface area contributed by atoms with Crippen LogP contribution in [0.2, 0.25) is 0 Å². The summed E-state index contributed by atoms with van der Waals surface area (Å²) in [4.78, 5) is 0. The van der Waals surface area contributed by atoms with E-state index in [2.05, 4.69) is 12.2 Å². The highest BCUT2D eigenvalue weighted by Crippen LogP contribution is 2.51. The third kappa shape index (κ3) is 0.897. The van der Waals surface area contributed by atoms with E-state index in [1.54, 1.807) is 14.2 Å². The van der Waals surface area contributed by atoms with Crippen molar-refractivity contribution in [2.75, 3.05) is 14.2 Å². The molecule has 2 atom stereocenters. The summed E-state index contributed by atoms with van der Waals surface area (Å²) in [5.74, 6) is 1.51. The maximum Gasteiger partial charge on any atom is 0.117 e. The molecule has 0 aromatic carbocycles. The summed E-state index contributed by atoms with van der Waals surface area (Å²) in [5, 5.41) is 0. The van der Waals surface area contributed by atoms with Crippen molar-refractivity contribution in [1.82, 2.24) is 0 Å². The lowest BCUT2D eigenvalue weighted by molar-refractivity contribution is 0.106. The second-order valence-electron chi connectivity index (χ2n) is 3.08. The van der Waals surface area contributed by atoms with Crippen LogP contribution in [0.25, 0.3) is 0 Å². The van der Waals surface area contributed by atoms with E-state index in [0.717, 1.165) is 12.2 Å². The summed E-state index contributed by atoms with van der Waals surface area (Å²) in [6, 6.07) is 0. The molecule has 1 saturated carbocycles. The van der Waals surface area contributed by atoms with Crippen LogP contribution in [0, 0.1) is 5.92 Å². The normalized spacial score (nSPS) is 39.5. The SMILES string of the molecule is COC1=CC2(OC)CC2C=C1. The van der Waals surface area contributed by atoms with Crippen LogP contribution in [0.5, 0.6) is 0 Å². The molecule has 0 aromatic rings. The van der Waals surface area contributed by atoms with Crippen LogP contribution in [-0.4, -0.2) is 19.8 Å². The lowest BCUT2D eigenvalue weighted by Gasteiger charge is -2.14. The first-order valence-corrected chi connectivity index (χ1v) is 3.81. The van der Waals surface area contributed by atoms with E-state index >= 15 is 0 Å². The van der Waals surface area contributed by atoms with Gasteiger partial charge in [0.2, 0.25) is 0 Å². The summed E-state index contributed by atoms with van der Waals surface area (Å²) >= 11 is 0. The second kappa shape index (κ2) is 2.11. The van der Waals surface area contributed by atoms with Crippen LogP contribution in [0.15, 0.2) is 24.0 Å². The average Bonchev–Trinajstić information content (AvgIpc) is 2.78. The smallest absolute Gasteiger partial charge is 0.117 e. The van der Waals surface area contributed by atoms with Crippen LogP contribution in [0.1, 0.15) is 6.42 Å². The van der Waals surface area contributed by atoms with Crippen LogP contribution in [-0.2, 0) is 9.47 Å². The van der Waals surface area contributed by atoms with Gasteiger partial charge in [-0.2, -0.15) is 0 Å². The van der Waals surface area contributed by atoms with E-state index in [-0.39, 0.29) is 5.60 Å². The molecule has 0 N–H and O–H groups in total. The zero-order valence-corrected chi connectivity index (χ0v) is 6.83. The summed E-state index contributed by atoms with van der Waals surface area (Å²) in [6.07, 6.45) is 7.34. The molecule has 0 bridgehead atoms. The Bertz CT molecular complexity index is 230. The predicted octanol–water partition coefficient (Wildman–Crippen LogP) is 1.49. The predicted molar refractivity (Wildman–Crippen MR) is 42.1 cm³/mol. The summed E-state index contributed by atoms with van der Waals surface area (Å²) in [5.41, 5.74) is -0.0138. The Morgan fingerprint density at radius 1 is 1.55 bits per heavy atom. The minimum absolute atomic E-state index is 0.0138. The Labute approximate surface area is 66.5 Å². The Morgan fingerprint density at radius 3 is 3.00 bits per heavy atom. The number of hydrogen-bond acceptors (Lipinski definition) is 2. The lowest BCUT2D eigenvalue weighted by atomic mass is 10.1. The van der Waals surface area contributed by atoms with Gasteiger partial charge in [-0.1, -0.05) is 6.08 Å². The van der Waals surface area contributed by atoms with Crippen LogP contribution < -0.4 is 0 Å². The molecular formula is C9H12O2. The summed E-state index contributed by atoms with van der Waals surface area (Å²) in [7, 11) is 3.44. The minimum Gasteiger partial charge on any atom is -0.497 e. The van der Waals surface area contributed by atoms with Crippen molar-refractivity contribution < 1.29 is 9.47 Å². The molecule has 2 aliphatic carbocycles. The van der Waals surface area contributed by atoms with Crippen molar-refractivity contribution in [3.8, 4) is 0 Å². The highest BCUT2D eigenvalue weighted by Gasteiger charge is 2.53. The zero-order valence-electron chi connectivity index (χ0n) is 6.83. The molecule has 0 radical (unpaired) electrons. The van der Waals surface area contributed by atoms with Crippen molar-refractivity contribution in [2.45, 2.75) is 12.0 Å². The maximum absolute atomic E-state index is 5.38. The number of allylic oxidation sites excluding steroid dienone is 1. The van der Waals surface area contributed by atoms with Crippen molar-refractivity contribution in [2.24, 2.45) is 5.92 Å². The van der Waals surface area contributed by atoms with E-state index in [1.165, 1.54) is 0 Å². The van der Waals surface area contributed by atoms with Crippen LogP contribution in [0.3, 0.4) is 0 Å². The van der Waals surface area contributed by atoms with Crippen LogP contribution >= 0.6 is 0 Å². The number of methoxy groups -OCH3 is 2. The molecule has 2 rings (SSSR count). The molecule has 0 aliphatic heterocycles. The van der Waals surface area contributed by atoms with E-state index < -0.39 is 0 Å². The van der Waals surface area contributed by atoms with Gasteiger partial charge in [0.25, 0.3) is 0 Å². The Balaban J connectivity index is 2.21. The number of fused-ring (bicyclic) bond motifs is 1. The van der Waals surface area contributed by atoms with E-state index in [0.29, 0.717) is 5.92 Å². The molecule has 0 heterocycles. The molecule has 60 valence electrons.